The summed E-state index contributed by atoms with van der Waals surface area (Å²) >= 11 is 0. The molecule has 3 heterocycles. The van der Waals surface area contributed by atoms with Gasteiger partial charge in [-0.3, -0.25) is 9.78 Å². The van der Waals surface area contributed by atoms with E-state index in [2.05, 4.69) is 20.5 Å². The van der Waals surface area contributed by atoms with E-state index in [1.54, 1.807) is 24.0 Å². The third kappa shape index (κ3) is 4.40. The van der Waals surface area contributed by atoms with Crippen LogP contribution >= 0.6 is 0 Å². The van der Waals surface area contributed by atoms with Gasteiger partial charge in [-0.25, -0.2) is 0 Å². The van der Waals surface area contributed by atoms with Crippen LogP contribution in [0, 0.1) is 0 Å². The van der Waals surface area contributed by atoms with Gasteiger partial charge in [-0.15, -0.1) is 10.2 Å². The number of nitrogens with zero attached hydrogens (tertiary/aromatic N) is 5. The molecule has 0 saturated carbocycles. The highest BCUT2D eigenvalue weighted by atomic mass is 16.5. The Bertz CT molecular complexity index is 1430. The summed E-state index contributed by atoms with van der Waals surface area (Å²) in [5.74, 6) is 1.23. The molecule has 0 bridgehead atoms. The maximum Gasteiger partial charge on any atom is 0.228 e. The van der Waals surface area contributed by atoms with E-state index >= 15 is 0 Å². The second-order valence-electron chi connectivity index (χ2n) is 7.41. The predicted molar refractivity (Wildman–Crippen MR) is 125 cm³/mol. The number of aromatic nitrogens is 5. The van der Waals surface area contributed by atoms with Crippen LogP contribution in [-0.2, 0) is 11.2 Å². The standard InChI is InChI=1S/C25H20N6O2/c1-33-21-9-2-5-17(13-21)14-24(32)27-20-8-3-6-18(15-20)22-10-11-23-28-29-25(31(23)30-22)19-7-4-12-26-16-19/h2-13,15-16H,14H2,1H3,(H,27,32). The molecule has 0 spiro atoms. The predicted octanol–water partition coefficient (Wildman–Crippen LogP) is 4.04. The molecule has 8 heteroatoms. The van der Waals surface area contributed by atoms with Crippen LogP contribution in [0.1, 0.15) is 5.56 Å². The normalized spacial score (nSPS) is 10.8. The second kappa shape index (κ2) is 8.88. The van der Waals surface area contributed by atoms with Crippen molar-refractivity contribution in [2.24, 2.45) is 0 Å². The van der Waals surface area contributed by atoms with Crippen molar-refractivity contribution in [2.75, 3.05) is 12.4 Å². The van der Waals surface area contributed by atoms with Gasteiger partial charge in [-0.1, -0.05) is 24.3 Å². The molecular formula is C25H20N6O2. The number of rotatable bonds is 6. The number of methoxy groups -OCH3 is 1. The fraction of sp³-hybridized carbons (Fsp3) is 0.0800. The number of anilines is 1. The molecule has 5 rings (SSSR count). The van der Waals surface area contributed by atoms with E-state index in [-0.39, 0.29) is 12.3 Å². The number of nitrogens with one attached hydrogen (secondary N) is 1. The SMILES string of the molecule is COc1cccc(CC(=O)Nc2cccc(-c3ccc4nnc(-c5cccnc5)n4n3)c2)c1. The van der Waals surface area contributed by atoms with Gasteiger partial charge < -0.3 is 10.1 Å². The smallest absolute Gasteiger partial charge is 0.228 e. The van der Waals surface area contributed by atoms with Crippen molar-refractivity contribution >= 4 is 17.2 Å². The molecule has 0 saturated heterocycles. The van der Waals surface area contributed by atoms with Crippen molar-refractivity contribution in [3.63, 3.8) is 0 Å². The highest BCUT2D eigenvalue weighted by Gasteiger charge is 2.12. The van der Waals surface area contributed by atoms with Crippen molar-refractivity contribution < 1.29 is 9.53 Å². The van der Waals surface area contributed by atoms with Crippen LogP contribution in [-0.4, -0.2) is 37.8 Å². The minimum atomic E-state index is -0.110. The van der Waals surface area contributed by atoms with Crippen molar-refractivity contribution in [1.82, 2.24) is 24.8 Å². The zero-order valence-electron chi connectivity index (χ0n) is 17.8. The topological polar surface area (TPSA) is 94.3 Å². The van der Waals surface area contributed by atoms with Gasteiger partial charge in [0.1, 0.15) is 5.75 Å². The average Bonchev–Trinajstić information content (AvgIpc) is 3.28. The fourth-order valence-electron chi connectivity index (χ4n) is 3.55. The zero-order chi connectivity index (χ0) is 22.6. The van der Waals surface area contributed by atoms with Crippen LogP contribution in [0.15, 0.2) is 85.2 Å². The highest BCUT2D eigenvalue weighted by Crippen LogP contribution is 2.23. The Morgan fingerprint density at radius 3 is 2.70 bits per heavy atom. The van der Waals surface area contributed by atoms with Crippen LogP contribution in [0.2, 0.25) is 0 Å². The molecule has 162 valence electrons. The summed E-state index contributed by atoms with van der Waals surface area (Å²) in [6.45, 7) is 0. The van der Waals surface area contributed by atoms with Crippen LogP contribution in [0.5, 0.6) is 5.75 Å². The molecule has 1 N–H and O–H groups in total. The third-order valence-corrected chi connectivity index (χ3v) is 5.12. The minimum absolute atomic E-state index is 0.110. The van der Waals surface area contributed by atoms with E-state index in [9.17, 15) is 4.79 Å². The third-order valence-electron chi connectivity index (χ3n) is 5.12. The first-order valence-corrected chi connectivity index (χ1v) is 10.4. The van der Waals surface area contributed by atoms with Crippen LogP contribution in [0.4, 0.5) is 5.69 Å². The maximum absolute atomic E-state index is 12.6. The lowest BCUT2D eigenvalue weighted by Crippen LogP contribution is -2.14. The number of fused-ring (bicyclic) bond motifs is 1. The number of benzene rings is 2. The molecule has 1 amide bonds. The van der Waals surface area contributed by atoms with E-state index in [1.807, 2.05) is 72.8 Å². The van der Waals surface area contributed by atoms with Crippen LogP contribution < -0.4 is 10.1 Å². The van der Waals surface area contributed by atoms with Crippen molar-refractivity contribution in [1.29, 1.82) is 0 Å². The molecule has 3 aromatic heterocycles. The van der Waals surface area contributed by atoms with Gasteiger partial charge >= 0.3 is 0 Å². The van der Waals surface area contributed by atoms with Gasteiger partial charge in [0.2, 0.25) is 5.91 Å². The first-order chi connectivity index (χ1) is 16.2. The molecule has 8 nitrogen and oxygen atoms in total. The number of pyridine rings is 1. The lowest BCUT2D eigenvalue weighted by atomic mass is 10.1. The summed E-state index contributed by atoms with van der Waals surface area (Å²) in [4.78, 5) is 16.7. The monoisotopic (exact) mass is 436 g/mol. The summed E-state index contributed by atoms with van der Waals surface area (Å²) in [5.41, 5.74) is 4.64. The molecule has 0 fully saturated rings. The van der Waals surface area contributed by atoms with Crippen LogP contribution in [0.3, 0.4) is 0 Å². The summed E-state index contributed by atoms with van der Waals surface area (Å²) < 4.78 is 6.92. The molecule has 0 aliphatic rings. The number of ether oxygens (including phenoxy) is 1. The molecule has 0 aliphatic heterocycles. The number of amides is 1. The lowest BCUT2D eigenvalue weighted by molar-refractivity contribution is -0.115. The van der Waals surface area contributed by atoms with Gasteiger partial charge in [0.15, 0.2) is 11.5 Å². The number of hydrogen-bond acceptors (Lipinski definition) is 6. The van der Waals surface area contributed by atoms with Crippen molar-refractivity contribution in [2.45, 2.75) is 6.42 Å². The number of hydrogen-bond donors (Lipinski definition) is 1. The van der Waals surface area contributed by atoms with E-state index in [1.165, 1.54) is 0 Å². The molecule has 2 aromatic carbocycles. The Labute approximate surface area is 189 Å². The summed E-state index contributed by atoms with van der Waals surface area (Å²) in [7, 11) is 1.61. The largest absolute Gasteiger partial charge is 0.497 e. The Morgan fingerprint density at radius 2 is 1.85 bits per heavy atom. The van der Waals surface area contributed by atoms with Gasteiger partial charge in [-0.2, -0.15) is 9.61 Å². The summed E-state index contributed by atoms with van der Waals surface area (Å²) in [5, 5.41) is 16.1. The number of carbonyl (C=O) groups excluding carboxylic acids is 1. The van der Waals surface area contributed by atoms with Gasteiger partial charge in [0.25, 0.3) is 0 Å². The lowest BCUT2D eigenvalue weighted by Gasteiger charge is -2.09. The first-order valence-electron chi connectivity index (χ1n) is 10.4. The summed E-state index contributed by atoms with van der Waals surface area (Å²) in [6.07, 6.45) is 3.68. The molecular weight excluding hydrogens is 416 g/mol. The quantitative estimate of drug-likeness (QED) is 0.432. The Balaban J connectivity index is 1.39. The van der Waals surface area contributed by atoms with Crippen molar-refractivity contribution in [3.05, 3.63) is 90.8 Å². The first kappa shape index (κ1) is 20.3. The van der Waals surface area contributed by atoms with Gasteiger partial charge in [0, 0.05) is 29.2 Å². The van der Waals surface area contributed by atoms with E-state index < -0.39 is 0 Å². The van der Waals surface area contributed by atoms with E-state index in [0.29, 0.717) is 17.2 Å². The highest BCUT2D eigenvalue weighted by molar-refractivity contribution is 5.93. The fourth-order valence-corrected chi connectivity index (χ4v) is 3.55. The summed E-state index contributed by atoms with van der Waals surface area (Å²) in [6, 6.07) is 22.6. The van der Waals surface area contributed by atoms with Gasteiger partial charge in [-0.05, 0) is 54.1 Å². The Kier molecular flexibility index (Phi) is 5.47. The molecule has 0 atom stereocenters. The Morgan fingerprint density at radius 1 is 0.970 bits per heavy atom. The van der Waals surface area contributed by atoms with E-state index in [4.69, 9.17) is 9.84 Å². The number of carbonyl (C=O) groups is 1. The molecule has 0 unspecified atom stereocenters. The average molecular weight is 436 g/mol. The van der Waals surface area contributed by atoms with Crippen molar-refractivity contribution in [3.8, 4) is 28.4 Å². The van der Waals surface area contributed by atoms with Crippen LogP contribution in [0.25, 0.3) is 28.3 Å². The van der Waals surface area contributed by atoms with E-state index in [0.717, 1.165) is 28.1 Å². The molecule has 33 heavy (non-hydrogen) atoms. The Hall–Kier alpha value is -4.59. The molecule has 5 aromatic rings. The van der Waals surface area contributed by atoms with Gasteiger partial charge in [0.05, 0.1) is 19.2 Å². The molecule has 0 aliphatic carbocycles. The maximum atomic E-state index is 12.6. The minimum Gasteiger partial charge on any atom is -0.497 e. The second-order valence-corrected chi connectivity index (χ2v) is 7.41. The molecule has 0 radical (unpaired) electrons. The zero-order valence-corrected chi connectivity index (χ0v) is 17.8.